The van der Waals surface area contributed by atoms with E-state index in [1.54, 1.807) is 18.9 Å². The molecule has 1 aromatic heterocycles. The molecule has 33 heavy (non-hydrogen) atoms. The minimum absolute atomic E-state index is 0.0935. The first-order valence-electron chi connectivity index (χ1n) is 11.0. The SMILES string of the molecule is CCCCn1nnnc1C(NC(CC(=O)O)c1cccc(C)c1)c1ccc(OC)c(OC)c1. The highest BCUT2D eigenvalue weighted by atomic mass is 16.5. The van der Waals surface area contributed by atoms with Crippen LogP contribution in [0.3, 0.4) is 0 Å². The molecule has 0 bridgehead atoms. The Morgan fingerprint density at radius 1 is 1.12 bits per heavy atom. The fraction of sp³-hybridized carbons (Fsp3) is 0.417. The van der Waals surface area contributed by atoms with E-state index in [0.29, 0.717) is 23.9 Å². The van der Waals surface area contributed by atoms with Crippen LogP contribution in [0.5, 0.6) is 11.5 Å². The fourth-order valence-electron chi connectivity index (χ4n) is 3.77. The lowest BCUT2D eigenvalue weighted by Gasteiger charge is -2.26. The van der Waals surface area contributed by atoms with Gasteiger partial charge in [-0.05, 0) is 47.0 Å². The Kier molecular flexibility index (Phi) is 8.37. The molecule has 0 saturated heterocycles. The van der Waals surface area contributed by atoms with E-state index in [-0.39, 0.29) is 6.42 Å². The zero-order valence-electron chi connectivity index (χ0n) is 19.5. The lowest BCUT2D eigenvalue weighted by atomic mass is 9.98. The number of aromatic nitrogens is 4. The number of carboxylic acid groups (broad SMARTS) is 1. The van der Waals surface area contributed by atoms with E-state index in [9.17, 15) is 9.90 Å². The van der Waals surface area contributed by atoms with Gasteiger partial charge in [-0.2, -0.15) is 0 Å². The first kappa shape index (κ1) is 24.2. The van der Waals surface area contributed by atoms with Crippen molar-refractivity contribution < 1.29 is 19.4 Å². The van der Waals surface area contributed by atoms with Gasteiger partial charge in [0.2, 0.25) is 0 Å². The second-order valence-corrected chi connectivity index (χ2v) is 7.89. The summed E-state index contributed by atoms with van der Waals surface area (Å²) in [6, 6.07) is 12.5. The molecule has 0 saturated carbocycles. The molecule has 1 heterocycles. The summed E-state index contributed by atoms with van der Waals surface area (Å²) < 4.78 is 12.7. The second kappa shape index (κ2) is 11.4. The van der Waals surface area contributed by atoms with Crippen molar-refractivity contribution in [2.75, 3.05) is 14.2 Å². The van der Waals surface area contributed by atoms with E-state index in [2.05, 4.69) is 27.8 Å². The molecule has 2 atom stereocenters. The topological polar surface area (TPSA) is 111 Å². The highest BCUT2D eigenvalue weighted by Gasteiger charge is 2.27. The number of methoxy groups -OCH3 is 2. The predicted molar refractivity (Wildman–Crippen MR) is 123 cm³/mol. The minimum Gasteiger partial charge on any atom is -0.493 e. The number of carboxylic acids is 1. The van der Waals surface area contributed by atoms with Crippen molar-refractivity contribution in [1.82, 2.24) is 25.5 Å². The molecule has 0 amide bonds. The summed E-state index contributed by atoms with van der Waals surface area (Å²) in [7, 11) is 3.16. The molecule has 0 aliphatic carbocycles. The van der Waals surface area contributed by atoms with Gasteiger partial charge in [-0.15, -0.1) is 5.10 Å². The van der Waals surface area contributed by atoms with Gasteiger partial charge in [-0.25, -0.2) is 4.68 Å². The minimum atomic E-state index is -0.898. The Morgan fingerprint density at radius 3 is 2.58 bits per heavy atom. The van der Waals surface area contributed by atoms with Crippen molar-refractivity contribution in [1.29, 1.82) is 0 Å². The van der Waals surface area contributed by atoms with Crippen LogP contribution in [0.25, 0.3) is 0 Å². The molecule has 9 heteroatoms. The molecule has 0 fully saturated rings. The quantitative estimate of drug-likeness (QED) is 0.427. The Balaban J connectivity index is 2.08. The van der Waals surface area contributed by atoms with Crippen LogP contribution < -0.4 is 14.8 Å². The number of nitrogens with one attached hydrogen (secondary N) is 1. The van der Waals surface area contributed by atoms with Gasteiger partial charge in [0, 0.05) is 12.6 Å². The lowest BCUT2D eigenvalue weighted by molar-refractivity contribution is -0.137. The number of hydrogen-bond acceptors (Lipinski definition) is 7. The number of rotatable bonds is 12. The first-order valence-corrected chi connectivity index (χ1v) is 11.0. The maximum atomic E-state index is 11.7. The second-order valence-electron chi connectivity index (χ2n) is 7.89. The van der Waals surface area contributed by atoms with E-state index in [1.165, 1.54) is 0 Å². The van der Waals surface area contributed by atoms with E-state index in [4.69, 9.17) is 9.47 Å². The van der Waals surface area contributed by atoms with Gasteiger partial charge < -0.3 is 14.6 Å². The maximum Gasteiger partial charge on any atom is 0.305 e. The average molecular weight is 454 g/mol. The largest absolute Gasteiger partial charge is 0.493 e. The van der Waals surface area contributed by atoms with Crippen molar-refractivity contribution in [2.24, 2.45) is 0 Å². The number of aryl methyl sites for hydroxylation is 2. The van der Waals surface area contributed by atoms with Crippen molar-refractivity contribution in [3.63, 3.8) is 0 Å². The van der Waals surface area contributed by atoms with Crippen LogP contribution in [-0.4, -0.2) is 45.5 Å². The van der Waals surface area contributed by atoms with Crippen LogP contribution in [0.4, 0.5) is 0 Å². The van der Waals surface area contributed by atoms with Gasteiger partial charge in [-0.1, -0.05) is 49.2 Å². The standard InChI is InChI=1S/C24H31N5O4/c1-5-6-12-29-24(26-27-28-29)23(18-10-11-20(32-3)21(14-18)33-4)25-19(15-22(30)31)17-9-7-8-16(2)13-17/h7-11,13-14,19,23,25H,5-6,12,15H2,1-4H3,(H,30,31). The number of aliphatic carboxylic acids is 1. The number of hydrogen-bond donors (Lipinski definition) is 2. The highest BCUT2D eigenvalue weighted by Crippen LogP contribution is 2.33. The number of tetrazole rings is 1. The molecule has 9 nitrogen and oxygen atoms in total. The smallest absolute Gasteiger partial charge is 0.305 e. The first-order chi connectivity index (χ1) is 16.0. The molecule has 0 spiro atoms. The van der Waals surface area contributed by atoms with Crippen molar-refractivity contribution in [3.05, 3.63) is 65.0 Å². The predicted octanol–water partition coefficient (Wildman–Crippen LogP) is 3.69. The third kappa shape index (κ3) is 6.07. The van der Waals surface area contributed by atoms with Gasteiger partial charge in [0.15, 0.2) is 17.3 Å². The summed E-state index contributed by atoms with van der Waals surface area (Å²) in [6.45, 7) is 4.76. The number of unbranched alkanes of at least 4 members (excludes halogenated alkanes) is 1. The molecule has 3 rings (SSSR count). The van der Waals surface area contributed by atoms with Crippen LogP contribution in [0, 0.1) is 6.92 Å². The summed E-state index contributed by atoms with van der Waals surface area (Å²) in [6.07, 6.45) is 1.83. The van der Waals surface area contributed by atoms with Gasteiger partial charge in [-0.3, -0.25) is 10.1 Å². The van der Waals surface area contributed by atoms with Crippen LogP contribution >= 0.6 is 0 Å². The highest BCUT2D eigenvalue weighted by molar-refractivity contribution is 5.68. The van der Waals surface area contributed by atoms with Crippen molar-refractivity contribution in [3.8, 4) is 11.5 Å². The molecule has 2 unspecified atom stereocenters. The number of carbonyl (C=O) groups is 1. The van der Waals surface area contributed by atoms with Crippen molar-refractivity contribution in [2.45, 2.75) is 51.7 Å². The molecule has 3 aromatic rings. The molecule has 2 aromatic carbocycles. The Hall–Kier alpha value is -3.46. The lowest BCUT2D eigenvalue weighted by Crippen LogP contribution is -2.31. The van der Waals surface area contributed by atoms with E-state index in [0.717, 1.165) is 29.5 Å². The summed E-state index contributed by atoms with van der Waals surface area (Å²) in [4.78, 5) is 11.7. The summed E-state index contributed by atoms with van der Waals surface area (Å²) in [5, 5.41) is 25.5. The fourth-order valence-corrected chi connectivity index (χ4v) is 3.77. The van der Waals surface area contributed by atoms with E-state index < -0.39 is 18.1 Å². The molecule has 0 radical (unpaired) electrons. The summed E-state index contributed by atoms with van der Waals surface area (Å²) >= 11 is 0. The Morgan fingerprint density at radius 2 is 1.91 bits per heavy atom. The van der Waals surface area contributed by atoms with Crippen LogP contribution in [-0.2, 0) is 11.3 Å². The number of nitrogens with zero attached hydrogens (tertiary/aromatic N) is 4. The summed E-state index contributed by atoms with van der Waals surface area (Å²) in [5.74, 6) is 0.885. The molecule has 0 aliphatic heterocycles. The molecule has 2 N–H and O–H groups in total. The third-order valence-corrected chi connectivity index (χ3v) is 5.47. The number of benzene rings is 2. The Labute approximate surface area is 193 Å². The zero-order valence-corrected chi connectivity index (χ0v) is 19.5. The van der Waals surface area contributed by atoms with Crippen molar-refractivity contribution >= 4 is 5.97 Å². The molecular weight excluding hydrogens is 422 g/mol. The van der Waals surface area contributed by atoms with Crippen LogP contribution in [0.2, 0.25) is 0 Å². The molecule has 0 aliphatic rings. The van der Waals surface area contributed by atoms with Crippen LogP contribution in [0.1, 0.15) is 60.8 Å². The zero-order chi connectivity index (χ0) is 23.8. The monoisotopic (exact) mass is 453 g/mol. The maximum absolute atomic E-state index is 11.7. The molecular formula is C24H31N5O4. The van der Waals surface area contributed by atoms with E-state index >= 15 is 0 Å². The normalized spacial score (nSPS) is 12.8. The van der Waals surface area contributed by atoms with Gasteiger partial charge in [0.25, 0.3) is 0 Å². The average Bonchev–Trinajstić information content (AvgIpc) is 3.27. The van der Waals surface area contributed by atoms with Gasteiger partial charge >= 0.3 is 5.97 Å². The number of ether oxygens (including phenoxy) is 2. The summed E-state index contributed by atoms with van der Waals surface area (Å²) in [5.41, 5.74) is 2.78. The van der Waals surface area contributed by atoms with Gasteiger partial charge in [0.1, 0.15) is 0 Å². The van der Waals surface area contributed by atoms with Gasteiger partial charge in [0.05, 0.1) is 26.7 Å². The Bertz CT molecular complexity index is 1070. The molecule has 176 valence electrons. The van der Waals surface area contributed by atoms with E-state index in [1.807, 2.05) is 49.4 Å². The third-order valence-electron chi connectivity index (χ3n) is 5.47. The van der Waals surface area contributed by atoms with Crippen LogP contribution in [0.15, 0.2) is 42.5 Å².